The highest BCUT2D eigenvalue weighted by Crippen LogP contribution is 2.27. The van der Waals surface area contributed by atoms with E-state index in [4.69, 9.17) is 11.5 Å². The molecule has 6 nitrogen and oxygen atoms in total. The van der Waals surface area contributed by atoms with Crippen LogP contribution in [0.1, 0.15) is 26.7 Å². The number of hydrogen-bond donors (Lipinski definition) is 4. The normalized spacial score (nSPS) is 10.9. The summed E-state index contributed by atoms with van der Waals surface area (Å²) in [5.41, 5.74) is 11.4. The molecule has 20 heavy (non-hydrogen) atoms. The number of primary amides is 1. The monoisotopic (exact) mass is 278 g/mol. The van der Waals surface area contributed by atoms with Crippen LogP contribution in [0.4, 0.5) is 16.2 Å². The van der Waals surface area contributed by atoms with Gasteiger partial charge >= 0.3 is 6.03 Å². The molecule has 6 heteroatoms. The quantitative estimate of drug-likeness (QED) is 0.637. The van der Waals surface area contributed by atoms with Crippen molar-refractivity contribution in [2.45, 2.75) is 26.7 Å². The Morgan fingerprint density at radius 3 is 2.15 bits per heavy atom. The number of carbonyl (C=O) groups is 2. The van der Waals surface area contributed by atoms with E-state index in [1.165, 1.54) is 0 Å². The molecule has 0 aliphatic heterocycles. The van der Waals surface area contributed by atoms with Crippen LogP contribution < -0.4 is 22.1 Å². The Labute approximate surface area is 118 Å². The predicted molar refractivity (Wildman–Crippen MR) is 80.3 cm³/mol. The fourth-order valence-electron chi connectivity index (χ4n) is 2.03. The Hall–Kier alpha value is -2.08. The molecule has 0 spiro atoms. The minimum atomic E-state index is -0.646. The van der Waals surface area contributed by atoms with Crippen molar-refractivity contribution in [3.63, 3.8) is 0 Å². The number of benzene rings is 1. The second-order valence-corrected chi connectivity index (χ2v) is 4.72. The molecule has 6 N–H and O–H groups in total. The highest BCUT2D eigenvalue weighted by atomic mass is 16.2. The molecule has 3 amide bonds. The van der Waals surface area contributed by atoms with E-state index in [1.54, 1.807) is 24.3 Å². The summed E-state index contributed by atoms with van der Waals surface area (Å²) in [6, 6.07) is 6.16. The Morgan fingerprint density at radius 1 is 1.15 bits per heavy atom. The number of hydrogen-bond acceptors (Lipinski definition) is 3. The Balaban J connectivity index is 2.87. The van der Waals surface area contributed by atoms with Crippen molar-refractivity contribution in [3.8, 4) is 0 Å². The molecule has 1 aromatic rings. The first kappa shape index (κ1) is 16.0. The zero-order chi connectivity index (χ0) is 15.2. The summed E-state index contributed by atoms with van der Waals surface area (Å²) in [6.45, 7) is 4.19. The van der Waals surface area contributed by atoms with Gasteiger partial charge < -0.3 is 22.1 Å². The number of urea groups is 1. The maximum absolute atomic E-state index is 12.4. The summed E-state index contributed by atoms with van der Waals surface area (Å²) < 4.78 is 0. The zero-order valence-electron chi connectivity index (χ0n) is 11.9. The second-order valence-electron chi connectivity index (χ2n) is 4.72. The summed E-state index contributed by atoms with van der Waals surface area (Å²) in [4.78, 5) is 23.2. The number of nitrogens with two attached hydrogens (primary N) is 2. The lowest BCUT2D eigenvalue weighted by molar-refractivity contribution is -0.125. The first-order chi connectivity index (χ1) is 9.47. The van der Waals surface area contributed by atoms with Crippen molar-refractivity contribution in [2.75, 3.05) is 17.2 Å². The molecule has 110 valence electrons. The Morgan fingerprint density at radius 2 is 1.70 bits per heavy atom. The molecular formula is C14H22N4O2. The van der Waals surface area contributed by atoms with E-state index in [-0.39, 0.29) is 5.91 Å². The number of amides is 3. The third-order valence-electron chi connectivity index (χ3n) is 3.61. The summed E-state index contributed by atoms with van der Waals surface area (Å²) in [6.07, 6.45) is 1.34. The predicted octanol–water partition coefficient (Wildman–Crippen LogP) is 1.88. The van der Waals surface area contributed by atoms with Crippen LogP contribution in [-0.4, -0.2) is 18.5 Å². The number of anilines is 2. The maximum Gasteiger partial charge on any atom is 0.316 e. The van der Waals surface area contributed by atoms with Crippen molar-refractivity contribution in [2.24, 2.45) is 16.9 Å². The molecule has 0 saturated carbocycles. The van der Waals surface area contributed by atoms with Crippen molar-refractivity contribution < 1.29 is 9.59 Å². The molecule has 0 aliphatic rings. The first-order valence-corrected chi connectivity index (χ1v) is 6.65. The van der Waals surface area contributed by atoms with Gasteiger partial charge in [-0.1, -0.05) is 19.9 Å². The molecule has 0 fully saturated rings. The third-order valence-corrected chi connectivity index (χ3v) is 3.61. The minimum absolute atomic E-state index is 0.110. The van der Waals surface area contributed by atoms with E-state index < -0.39 is 11.4 Å². The van der Waals surface area contributed by atoms with E-state index in [0.29, 0.717) is 30.8 Å². The van der Waals surface area contributed by atoms with Crippen LogP contribution in [0.25, 0.3) is 0 Å². The standard InChI is InChI=1S/C14H22N4O2/c1-3-14(4-2,9-15)12(19)17-10-6-5-7-11(8-10)18-13(16)20/h5-8H,3-4,9,15H2,1-2H3,(H,17,19)(H3,16,18,20). The number of carbonyl (C=O) groups excluding carboxylic acids is 2. The lowest BCUT2D eigenvalue weighted by atomic mass is 9.81. The van der Waals surface area contributed by atoms with Gasteiger partial charge in [-0.25, -0.2) is 4.79 Å². The van der Waals surface area contributed by atoms with Crippen LogP contribution in [-0.2, 0) is 4.79 Å². The molecule has 0 atom stereocenters. The molecule has 0 saturated heterocycles. The van der Waals surface area contributed by atoms with Crippen LogP contribution in [0.3, 0.4) is 0 Å². The molecule has 0 aliphatic carbocycles. The molecule has 0 aromatic heterocycles. The SMILES string of the molecule is CCC(CC)(CN)C(=O)Nc1cccc(NC(N)=O)c1. The number of nitrogens with one attached hydrogen (secondary N) is 2. The van der Waals surface area contributed by atoms with Crippen LogP contribution in [0.2, 0.25) is 0 Å². The summed E-state index contributed by atoms with van der Waals surface area (Å²) in [7, 11) is 0. The number of rotatable bonds is 6. The van der Waals surface area contributed by atoms with E-state index >= 15 is 0 Å². The Bertz CT molecular complexity index is 476. The Kier molecular flexibility index (Phi) is 5.52. The molecule has 0 heterocycles. The molecular weight excluding hydrogens is 256 g/mol. The van der Waals surface area contributed by atoms with Gasteiger partial charge in [0.05, 0.1) is 5.41 Å². The van der Waals surface area contributed by atoms with Gasteiger partial charge in [-0.15, -0.1) is 0 Å². The molecule has 1 rings (SSSR count). The van der Waals surface area contributed by atoms with Crippen molar-refractivity contribution in [1.82, 2.24) is 0 Å². The lowest BCUT2D eigenvalue weighted by Crippen LogP contribution is -2.41. The van der Waals surface area contributed by atoms with Gasteiger partial charge in [0, 0.05) is 17.9 Å². The average Bonchev–Trinajstić information content (AvgIpc) is 2.41. The van der Waals surface area contributed by atoms with Crippen molar-refractivity contribution in [1.29, 1.82) is 0 Å². The molecule has 0 radical (unpaired) electrons. The van der Waals surface area contributed by atoms with Crippen LogP contribution in [0.5, 0.6) is 0 Å². The average molecular weight is 278 g/mol. The van der Waals surface area contributed by atoms with Crippen molar-refractivity contribution in [3.05, 3.63) is 24.3 Å². The maximum atomic E-state index is 12.4. The van der Waals surface area contributed by atoms with Gasteiger partial charge in [0.2, 0.25) is 5.91 Å². The summed E-state index contributed by atoms with van der Waals surface area (Å²) >= 11 is 0. The van der Waals surface area contributed by atoms with Gasteiger partial charge in [-0.2, -0.15) is 0 Å². The zero-order valence-corrected chi connectivity index (χ0v) is 11.9. The van der Waals surface area contributed by atoms with Crippen molar-refractivity contribution >= 4 is 23.3 Å². The smallest absolute Gasteiger partial charge is 0.316 e. The molecule has 0 unspecified atom stereocenters. The highest BCUT2D eigenvalue weighted by molar-refractivity contribution is 5.96. The van der Waals surface area contributed by atoms with Gasteiger partial charge in [0.15, 0.2) is 0 Å². The van der Waals surface area contributed by atoms with Crippen LogP contribution in [0.15, 0.2) is 24.3 Å². The van der Waals surface area contributed by atoms with Gasteiger partial charge in [0.25, 0.3) is 0 Å². The third kappa shape index (κ3) is 3.71. The second kappa shape index (κ2) is 6.91. The van der Waals surface area contributed by atoms with Crippen LogP contribution >= 0.6 is 0 Å². The summed E-state index contributed by atoms with van der Waals surface area (Å²) in [5, 5.41) is 5.30. The molecule has 0 bridgehead atoms. The van der Waals surface area contributed by atoms with E-state index in [1.807, 2.05) is 13.8 Å². The first-order valence-electron chi connectivity index (χ1n) is 6.65. The molecule has 1 aromatic carbocycles. The van der Waals surface area contributed by atoms with Gasteiger partial charge in [-0.05, 0) is 31.0 Å². The summed E-state index contributed by atoms with van der Waals surface area (Å²) in [5.74, 6) is -0.110. The van der Waals surface area contributed by atoms with E-state index in [0.717, 1.165) is 0 Å². The fraction of sp³-hybridized carbons (Fsp3) is 0.429. The highest BCUT2D eigenvalue weighted by Gasteiger charge is 2.33. The van der Waals surface area contributed by atoms with E-state index in [2.05, 4.69) is 10.6 Å². The largest absolute Gasteiger partial charge is 0.351 e. The van der Waals surface area contributed by atoms with Crippen LogP contribution in [0, 0.1) is 5.41 Å². The van der Waals surface area contributed by atoms with Gasteiger partial charge in [0.1, 0.15) is 0 Å². The minimum Gasteiger partial charge on any atom is -0.351 e. The van der Waals surface area contributed by atoms with Gasteiger partial charge in [-0.3, -0.25) is 4.79 Å². The fourth-order valence-corrected chi connectivity index (χ4v) is 2.03. The topological polar surface area (TPSA) is 110 Å². The lowest BCUT2D eigenvalue weighted by Gasteiger charge is -2.28. The van der Waals surface area contributed by atoms with E-state index in [9.17, 15) is 9.59 Å².